The molecule has 5 nitrogen and oxygen atoms in total. The molecule has 1 aromatic heterocycles. The van der Waals surface area contributed by atoms with E-state index in [1.54, 1.807) is 18.3 Å². The Balaban J connectivity index is 2.08. The van der Waals surface area contributed by atoms with E-state index in [-0.39, 0.29) is 11.0 Å². The van der Waals surface area contributed by atoms with Gasteiger partial charge in [0, 0.05) is 32.1 Å². The van der Waals surface area contributed by atoms with E-state index in [2.05, 4.69) is 4.98 Å². The van der Waals surface area contributed by atoms with Gasteiger partial charge in [0.25, 0.3) is 0 Å². The number of aromatic nitrogens is 1. The lowest BCUT2D eigenvalue weighted by Gasteiger charge is -2.31. The van der Waals surface area contributed by atoms with Crippen LogP contribution in [-0.2, 0) is 14.8 Å². The summed E-state index contributed by atoms with van der Waals surface area (Å²) >= 11 is 0. The average Bonchev–Trinajstić information content (AvgIpc) is 2.46. The van der Waals surface area contributed by atoms with E-state index in [4.69, 9.17) is 4.74 Å². The first-order valence-corrected chi connectivity index (χ1v) is 8.10. The molecule has 1 fully saturated rings. The molecular weight excluding hydrogens is 264 g/mol. The number of piperidine rings is 1. The second kappa shape index (κ2) is 6.45. The molecule has 0 spiro atoms. The standard InChI is InChI=1S/C13H20N2O3S/c1-2-9-18-12-5-4-8-15(11-12)19(16,17)13-6-3-7-14-10-13/h3,6-7,10,12H,2,4-5,8-9,11H2,1H3. The van der Waals surface area contributed by atoms with Gasteiger partial charge < -0.3 is 4.74 Å². The van der Waals surface area contributed by atoms with Crippen LogP contribution in [-0.4, -0.2) is 43.5 Å². The molecule has 1 aromatic rings. The quantitative estimate of drug-likeness (QED) is 0.825. The summed E-state index contributed by atoms with van der Waals surface area (Å²) in [6.45, 7) is 3.73. The van der Waals surface area contributed by atoms with Crippen molar-refractivity contribution >= 4 is 10.0 Å². The largest absolute Gasteiger partial charge is 0.377 e. The first-order chi connectivity index (χ1) is 9.14. The van der Waals surface area contributed by atoms with Crippen LogP contribution in [0.5, 0.6) is 0 Å². The second-order valence-electron chi connectivity index (χ2n) is 4.69. The van der Waals surface area contributed by atoms with Crippen molar-refractivity contribution in [3.05, 3.63) is 24.5 Å². The van der Waals surface area contributed by atoms with Crippen molar-refractivity contribution in [2.75, 3.05) is 19.7 Å². The fourth-order valence-corrected chi connectivity index (χ4v) is 3.67. The Hall–Kier alpha value is -0.980. The van der Waals surface area contributed by atoms with Gasteiger partial charge in [-0.3, -0.25) is 4.98 Å². The van der Waals surface area contributed by atoms with Crippen LogP contribution in [0.2, 0.25) is 0 Å². The van der Waals surface area contributed by atoms with Crippen LogP contribution in [0.25, 0.3) is 0 Å². The van der Waals surface area contributed by atoms with E-state index in [1.165, 1.54) is 10.5 Å². The van der Waals surface area contributed by atoms with Gasteiger partial charge in [0.05, 0.1) is 6.10 Å². The number of pyridine rings is 1. The van der Waals surface area contributed by atoms with Crippen LogP contribution >= 0.6 is 0 Å². The van der Waals surface area contributed by atoms with Gasteiger partial charge in [0.15, 0.2) is 0 Å². The molecule has 19 heavy (non-hydrogen) atoms. The fraction of sp³-hybridized carbons (Fsp3) is 0.615. The number of nitrogens with zero attached hydrogens (tertiary/aromatic N) is 2. The van der Waals surface area contributed by atoms with Crippen LogP contribution in [0.15, 0.2) is 29.4 Å². The zero-order chi connectivity index (χ0) is 13.7. The lowest BCUT2D eigenvalue weighted by molar-refractivity contribution is 0.0193. The molecule has 0 bridgehead atoms. The van der Waals surface area contributed by atoms with E-state index in [0.29, 0.717) is 19.7 Å². The van der Waals surface area contributed by atoms with Gasteiger partial charge in [-0.1, -0.05) is 6.92 Å². The minimum atomic E-state index is -3.43. The Labute approximate surface area is 114 Å². The van der Waals surface area contributed by atoms with Crippen molar-refractivity contribution in [2.45, 2.75) is 37.2 Å². The van der Waals surface area contributed by atoms with E-state index >= 15 is 0 Å². The summed E-state index contributed by atoms with van der Waals surface area (Å²) in [5, 5.41) is 0. The van der Waals surface area contributed by atoms with Gasteiger partial charge in [-0.2, -0.15) is 4.31 Å². The van der Waals surface area contributed by atoms with Gasteiger partial charge in [0.1, 0.15) is 4.90 Å². The Bertz CT molecular complexity index is 490. The molecule has 6 heteroatoms. The highest BCUT2D eigenvalue weighted by molar-refractivity contribution is 7.89. The van der Waals surface area contributed by atoms with E-state index in [9.17, 15) is 8.42 Å². The van der Waals surface area contributed by atoms with Crippen molar-refractivity contribution in [3.63, 3.8) is 0 Å². The summed E-state index contributed by atoms with van der Waals surface area (Å²) in [5.74, 6) is 0. The Morgan fingerprint density at radius 1 is 1.53 bits per heavy atom. The maximum atomic E-state index is 12.4. The van der Waals surface area contributed by atoms with Crippen LogP contribution in [0.4, 0.5) is 0 Å². The summed E-state index contributed by atoms with van der Waals surface area (Å²) in [5.41, 5.74) is 0. The van der Waals surface area contributed by atoms with Gasteiger partial charge in [-0.15, -0.1) is 0 Å². The fourth-order valence-electron chi connectivity index (χ4n) is 2.19. The third-order valence-electron chi connectivity index (χ3n) is 3.17. The highest BCUT2D eigenvalue weighted by Crippen LogP contribution is 2.21. The number of ether oxygens (including phenoxy) is 1. The first kappa shape index (κ1) is 14.4. The maximum Gasteiger partial charge on any atom is 0.244 e. The smallest absolute Gasteiger partial charge is 0.244 e. The zero-order valence-electron chi connectivity index (χ0n) is 11.2. The average molecular weight is 284 g/mol. The molecule has 2 heterocycles. The number of sulfonamides is 1. The minimum Gasteiger partial charge on any atom is -0.377 e. The van der Waals surface area contributed by atoms with Crippen molar-refractivity contribution in [1.82, 2.24) is 9.29 Å². The minimum absolute atomic E-state index is 0.0140. The molecule has 1 saturated heterocycles. The Morgan fingerprint density at radius 2 is 2.37 bits per heavy atom. The predicted molar refractivity (Wildman–Crippen MR) is 72.3 cm³/mol. The molecule has 0 N–H and O–H groups in total. The zero-order valence-corrected chi connectivity index (χ0v) is 12.0. The molecule has 0 saturated carbocycles. The van der Waals surface area contributed by atoms with Gasteiger partial charge >= 0.3 is 0 Å². The van der Waals surface area contributed by atoms with Gasteiger partial charge in [-0.05, 0) is 31.4 Å². The van der Waals surface area contributed by atoms with E-state index in [0.717, 1.165) is 19.3 Å². The lowest BCUT2D eigenvalue weighted by Crippen LogP contribution is -2.43. The van der Waals surface area contributed by atoms with Crippen LogP contribution in [0.1, 0.15) is 26.2 Å². The molecule has 1 unspecified atom stereocenters. The molecule has 1 aliphatic rings. The molecule has 0 aromatic carbocycles. The maximum absolute atomic E-state index is 12.4. The van der Waals surface area contributed by atoms with Crippen molar-refractivity contribution < 1.29 is 13.2 Å². The third kappa shape index (κ3) is 3.52. The highest BCUT2D eigenvalue weighted by atomic mass is 32.2. The molecular formula is C13H20N2O3S. The van der Waals surface area contributed by atoms with Crippen LogP contribution in [0, 0.1) is 0 Å². The monoisotopic (exact) mass is 284 g/mol. The molecule has 1 aliphatic heterocycles. The molecule has 0 aliphatic carbocycles. The van der Waals surface area contributed by atoms with Gasteiger partial charge in [0.2, 0.25) is 10.0 Å². The second-order valence-corrected chi connectivity index (χ2v) is 6.62. The van der Waals surface area contributed by atoms with Crippen LogP contribution in [0.3, 0.4) is 0 Å². The topological polar surface area (TPSA) is 59.5 Å². The normalized spacial score (nSPS) is 21.4. The van der Waals surface area contributed by atoms with Crippen LogP contribution < -0.4 is 0 Å². The Morgan fingerprint density at radius 3 is 3.05 bits per heavy atom. The molecule has 0 radical (unpaired) electrons. The summed E-state index contributed by atoms with van der Waals surface area (Å²) in [4.78, 5) is 4.13. The predicted octanol–water partition coefficient (Wildman–Crippen LogP) is 1.66. The number of hydrogen-bond acceptors (Lipinski definition) is 4. The lowest BCUT2D eigenvalue weighted by atomic mass is 10.1. The van der Waals surface area contributed by atoms with Crippen molar-refractivity contribution in [1.29, 1.82) is 0 Å². The number of hydrogen-bond donors (Lipinski definition) is 0. The molecule has 2 rings (SSSR count). The van der Waals surface area contributed by atoms with Gasteiger partial charge in [-0.25, -0.2) is 8.42 Å². The molecule has 106 valence electrons. The summed E-state index contributed by atoms with van der Waals surface area (Å²) in [6.07, 6.45) is 5.70. The first-order valence-electron chi connectivity index (χ1n) is 6.66. The summed E-state index contributed by atoms with van der Waals surface area (Å²) < 4.78 is 32.1. The third-order valence-corrected chi connectivity index (χ3v) is 5.02. The van der Waals surface area contributed by atoms with Crippen molar-refractivity contribution in [3.8, 4) is 0 Å². The Kier molecular flexibility index (Phi) is 4.90. The molecule has 0 amide bonds. The molecule has 1 atom stereocenters. The SMILES string of the molecule is CCCOC1CCCN(S(=O)(=O)c2cccnc2)C1. The van der Waals surface area contributed by atoms with E-state index < -0.39 is 10.0 Å². The highest BCUT2D eigenvalue weighted by Gasteiger charge is 2.30. The van der Waals surface area contributed by atoms with Crippen molar-refractivity contribution in [2.24, 2.45) is 0 Å². The summed E-state index contributed by atoms with van der Waals surface area (Å²) in [7, 11) is -3.43. The van der Waals surface area contributed by atoms with E-state index in [1.807, 2.05) is 6.92 Å². The summed E-state index contributed by atoms with van der Waals surface area (Å²) in [6, 6.07) is 3.22. The number of rotatable bonds is 5.